The lowest BCUT2D eigenvalue weighted by molar-refractivity contribution is -0.138. The first-order valence-corrected chi connectivity index (χ1v) is 10.1. The molecule has 0 unspecified atom stereocenters. The highest BCUT2D eigenvalue weighted by Crippen LogP contribution is 2.23. The van der Waals surface area contributed by atoms with Gasteiger partial charge in [-0.15, -0.1) is 11.6 Å². The van der Waals surface area contributed by atoms with E-state index in [4.69, 9.17) is 16.3 Å². The molecule has 0 fully saturated rings. The topological polar surface area (TPSA) is 49.9 Å². The van der Waals surface area contributed by atoms with Crippen LogP contribution in [0.15, 0.2) is 18.2 Å². The van der Waals surface area contributed by atoms with E-state index in [-0.39, 0.29) is 29.9 Å². The van der Waals surface area contributed by atoms with Crippen LogP contribution in [0.3, 0.4) is 0 Å². The molecule has 0 aromatic heterocycles. The number of hydrogen-bond donors (Lipinski definition) is 0. The standard InChI is InChI=1S/C21H31ClF2N2O3/c1-13(2)25(14(3)4)26(20(28)29-21(5,6)7)18(19(27)12-22)10-15-8-16(23)11-17(24)9-15/h8-9,11,13-14,18H,10,12H2,1-7H3/t18-/m0/s1. The van der Waals surface area contributed by atoms with Crippen LogP contribution >= 0.6 is 11.6 Å². The lowest BCUT2D eigenvalue weighted by Crippen LogP contribution is -2.61. The van der Waals surface area contributed by atoms with E-state index in [1.54, 1.807) is 25.8 Å². The third-order valence-electron chi connectivity index (χ3n) is 4.04. The fourth-order valence-electron chi connectivity index (χ4n) is 3.16. The molecule has 0 bridgehead atoms. The van der Waals surface area contributed by atoms with E-state index < -0.39 is 35.2 Å². The number of nitrogens with zero attached hydrogens (tertiary/aromatic N) is 2. The van der Waals surface area contributed by atoms with Crippen molar-refractivity contribution in [2.75, 3.05) is 5.88 Å². The smallest absolute Gasteiger partial charge is 0.425 e. The molecule has 1 aromatic rings. The minimum atomic E-state index is -1.08. The van der Waals surface area contributed by atoms with Crippen LogP contribution in [-0.4, -0.2) is 51.5 Å². The summed E-state index contributed by atoms with van der Waals surface area (Å²) in [6.45, 7) is 12.7. The Balaban J connectivity index is 3.49. The number of carbonyl (C=O) groups excluding carboxylic acids is 2. The van der Waals surface area contributed by atoms with Crippen molar-refractivity contribution in [3.63, 3.8) is 0 Å². The number of halogens is 3. The highest BCUT2D eigenvalue weighted by Gasteiger charge is 2.39. The van der Waals surface area contributed by atoms with Gasteiger partial charge in [0.05, 0.1) is 5.88 Å². The predicted octanol–water partition coefficient (Wildman–Crippen LogP) is 4.95. The van der Waals surface area contributed by atoms with Gasteiger partial charge in [0, 0.05) is 24.6 Å². The molecule has 0 radical (unpaired) electrons. The van der Waals surface area contributed by atoms with E-state index in [0.717, 1.165) is 18.2 Å². The predicted molar refractivity (Wildman–Crippen MR) is 110 cm³/mol. The maximum atomic E-state index is 13.7. The van der Waals surface area contributed by atoms with Gasteiger partial charge in [-0.1, -0.05) is 0 Å². The normalized spacial score (nSPS) is 13.1. The van der Waals surface area contributed by atoms with Gasteiger partial charge in [-0.05, 0) is 66.2 Å². The summed E-state index contributed by atoms with van der Waals surface area (Å²) in [7, 11) is 0. The number of rotatable bonds is 8. The molecule has 5 nitrogen and oxygen atoms in total. The third kappa shape index (κ3) is 7.55. The highest BCUT2D eigenvalue weighted by molar-refractivity contribution is 6.28. The monoisotopic (exact) mass is 432 g/mol. The molecule has 0 N–H and O–H groups in total. The number of hydrogen-bond acceptors (Lipinski definition) is 4. The molecule has 8 heteroatoms. The second kappa shape index (κ2) is 10.3. The van der Waals surface area contributed by atoms with Gasteiger partial charge in [0.15, 0.2) is 5.78 Å². The van der Waals surface area contributed by atoms with Crippen molar-refractivity contribution in [2.45, 2.75) is 78.6 Å². The Morgan fingerprint density at radius 1 is 1.03 bits per heavy atom. The van der Waals surface area contributed by atoms with E-state index in [0.29, 0.717) is 0 Å². The molecule has 0 aliphatic rings. The van der Waals surface area contributed by atoms with Crippen molar-refractivity contribution < 1.29 is 23.1 Å². The van der Waals surface area contributed by atoms with Gasteiger partial charge in [-0.25, -0.2) is 23.6 Å². The van der Waals surface area contributed by atoms with Gasteiger partial charge in [0.2, 0.25) is 0 Å². The first kappa shape index (κ1) is 25.3. The van der Waals surface area contributed by atoms with E-state index in [1.165, 1.54) is 5.01 Å². The SMILES string of the molecule is CC(C)N(C(C)C)N(C(=O)OC(C)(C)C)[C@@H](Cc1cc(F)cc(F)c1)C(=O)CCl. The van der Waals surface area contributed by atoms with E-state index in [2.05, 4.69) is 0 Å². The van der Waals surface area contributed by atoms with Crippen LogP contribution in [0.4, 0.5) is 13.6 Å². The quantitative estimate of drug-likeness (QED) is 0.430. The molecule has 1 rings (SSSR count). The van der Waals surface area contributed by atoms with Gasteiger partial charge >= 0.3 is 6.09 Å². The number of ether oxygens (including phenoxy) is 1. The highest BCUT2D eigenvalue weighted by atomic mass is 35.5. The molecular formula is C21H31ClF2N2O3. The van der Waals surface area contributed by atoms with Crippen molar-refractivity contribution >= 4 is 23.5 Å². The third-order valence-corrected chi connectivity index (χ3v) is 4.30. The Labute approximate surface area is 176 Å². The van der Waals surface area contributed by atoms with Crippen LogP contribution in [-0.2, 0) is 16.0 Å². The van der Waals surface area contributed by atoms with Crippen LogP contribution in [0.2, 0.25) is 0 Å². The molecule has 0 aliphatic carbocycles. The zero-order valence-electron chi connectivity index (χ0n) is 18.1. The maximum absolute atomic E-state index is 13.7. The van der Waals surface area contributed by atoms with Crippen LogP contribution in [0.5, 0.6) is 0 Å². The maximum Gasteiger partial charge on any atom is 0.425 e. The van der Waals surface area contributed by atoms with Gasteiger partial charge in [-0.2, -0.15) is 0 Å². The minimum absolute atomic E-state index is 0.102. The van der Waals surface area contributed by atoms with Gasteiger partial charge in [0.25, 0.3) is 0 Å². The Bertz CT molecular complexity index is 692. The molecule has 164 valence electrons. The van der Waals surface area contributed by atoms with E-state index in [1.807, 2.05) is 27.7 Å². The first-order valence-electron chi connectivity index (χ1n) is 9.61. The van der Waals surface area contributed by atoms with Crippen molar-refractivity contribution in [1.82, 2.24) is 10.0 Å². The number of benzene rings is 1. The summed E-state index contributed by atoms with van der Waals surface area (Å²) in [6, 6.07) is 1.64. The van der Waals surface area contributed by atoms with Gasteiger partial charge < -0.3 is 4.74 Å². The number of ketones is 1. The summed E-state index contributed by atoms with van der Waals surface area (Å²) in [5.74, 6) is -2.32. The van der Waals surface area contributed by atoms with Crippen LogP contribution in [0.25, 0.3) is 0 Å². The zero-order valence-corrected chi connectivity index (χ0v) is 18.9. The first-order chi connectivity index (χ1) is 13.3. The van der Waals surface area contributed by atoms with Crippen LogP contribution in [0.1, 0.15) is 54.0 Å². The molecule has 1 amide bonds. The number of alkyl halides is 1. The Morgan fingerprint density at radius 3 is 1.90 bits per heavy atom. The molecule has 0 aliphatic heterocycles. The molecule has 0 heterocycles. The number of amides is 1. The fraction of sp³-hybridized carbons (Fsp3) is 0.619. The zero-order chi connectivity index (χ0) is 22.5. The Hall–Kier alpha value is -1.73. The summed E-state index contributed by atoms with van der Waals surface area (Å²) in [4.78, 5) is 25.9. The van der Waals surface area contributed by atoms with E-state index in [9.17, 15) is 18.4 Å². The van der Waals surface area contributed by atoms with Crippen molar-refractivity contribution in [3.8, 4) is 0 Å². The summed E-state index contributed by atoms with van der Waals surface area (Å²) in [5, 5.41) is 2.97. The number of hydrazine groups is 1. The Morgan fingerprint density at radius 2 is 1.52 bits per heavy atom. The number of Topliss-reactive ketones (excluding diaryl/α,β-unsaturated/α-hetero) is 1. The molecule has 1 aromatic carbocycles. The van der Waals surface area contributed by atoms with Crippen molar-refractivity contribution in [1.29, 1.82) is 0 Å². The molecule has 0 spiro atoms. The fourth-order valence-corrected chi connectivity index (χ4v) is 3.34. The van der Waals surface area contributed by atoms with E-state index >= 15 is 0 Å². The second-order valence-electron chi connectivity index (χ2n) is 8.49. The summed E-state index contributed by atoms with van der Waals surface area (Å²) in [5.41, 5.74) is -0.555. The average molecular weight is 433 g/mol. The summed E-state index contributed by atoms with van der Waals surface area (Å²) in [6.07, 6.45) is -0.824. The largest absolute Gasteiger partial charge is 0.443 e. The Kier molecular flexibility index (Phi) is 9.03. The van der Waals surface area contributed by atoms with Crippen molar-refractivity contribution in [2.24, 2.45) is 0 Å². The summed E-state index contributed by atoms with van der Waals surface area (Å²) >= 11 is 5.83. The van der Waals surface area contributed by atoms with Crippen LogP contribution < -0.4 is 0 Å². The lowest BCUT2D eigenvalue weighted by Gasteiger charge is -2.44. The molecule has 0 saturated carbocycles. The van der Waals surface area contributed by atoms with Gasteiger partial charge in [0.1, 0.15) is 23.3 Å². The van der Waals surface area contributed by atoms with Crippen LogP contribution in [0, 0.1) is 11.6 Å². The molecule has 1 atom stereocenters. The van der Waals surface area contributed by atoms with Gasteiger partial charge in [-0.3, -0.25) is 4.79 Å². The van der Waals surface area contributed by atoms with Crippen molar-refractivity contribution in [3.05, 3.63) is 35.4 Å². The molecule has 0 saturated heterocycles. The molecular weight excluding hydrogens is 402 g/mol. The minimum Gasteiger partial charge on any atom is -0.443 e. The lowest BCUT2D eigenvalue weighted by atomic mass is 10.0. The number of carbonyl (C=O) groups is 2. The molecule has 29 heavy (non-hydrogen) atoms. The second-order valence-corrected chi connectivity index (χ2v) is 8.76. The average Bonchev–Trinajstić information content (AvgIpc) is 2.53. The summed E-state index contributed by atoms with van der Waals surface area (Å²) < 4.78 is 32.9.